The third-order valence-corrected chi connectivity index (χ3v) is 6.03. The van der Waals surface area contributed by atoms with E-state index in [-0.39, 0.29) is 11.8 Å². The number of methoxy groups -OCH3 is 1. The van der Waals surface area contributed by atoms with Gasteiger partial charge in [0.05, 0.1) is 7.11 Å². The zero-order valence-electron chi connectivity index (χ0n) is 20.0. The van der Waals surface area contributed by atoms with E-state index in [4.69, 9.17) is 4.74 Å². The number of carbonyl (C=O) groups excluding carboxylic acids is 2. The molecular weight excluding hydrogens is 440 g/mol. The lowest BCUT2D eigenvalue weighted by atomic mass is 10.00. The molecule has 7 nitrogen and oxygen atoms in total. The fourth-order valence-electron chi connectivity index (χ4n) is 3.96. The summed E-state index contributed by atoms with van der Waals surface area (Å²) in [4.78, 5) is 31.5. The molecule has 0 aliphatic carbocycles. The zero-order chi connectivity index (χ0) is 24.6. The Kier molecular flexibility index (Phi) is 7.77. The van der Waals surface area contributed by atoms with Crippen LogP contribution < -0.4 is 20.3 Å². The Morgan fingerprint density at radius 1 is 1.09 bits per heavy atom. The Morgan fingerprint density at radius 3 is 2.57 bits per heavy atom. The molecule has 1 atom stereocenters. The topological polar surface area (TPSA) is 83.6 Å². The average molecular weight is 471 g/mol. The van der Waals surface area contributed by atoms with Crippen molar-refractivity contribution in [2.45, 2.75) is 32.5 Å². The van der Waals surface area contributed by atoms with E-state index < -0.39 is 6.04 Å². The number of nitrogens with zero attached hydrogens (tertiary/aromatic N) is 2. The fourth-order valence-corrected chi connectivity index (χ4v) is 3.96. The number of carbonyl (C=O) groups is 2. The minimum absolute atomic E-state index is 0.257. The number of ether oxygens (including phenoxy) is 1. The van der Waals surface area contributed by atoms with Crippen molar-refractivity contribution < 1.29 is 14.3 Å². The van der Waals surface area contributed by atoms with Gasteiger partial charge >= 0.3 is 0 Å². The number of nitrogens with one attached hydrogen (secondary N) is 2. The van der Waals surface area contributed by atoms with E-state index in [0.29, 0.717) is 6.54 Å². The summed E-state index contributed by atoms with van der Waals surface area (Å²) in [6.45, 7) is 3.79. The van der Waals surface area contributed by atoms with Gasteiger partial charge in [-0.15, -0.1) is 0 Å². The summed E-state index contributed by atoms with van der Waals surface area (Å²) in [7, 11) is 1.60. The second-order valence-electron chi connectivity index (χ2n) is 8.52. The van der Waals surface area contributed by atoms with Gasteiger partial charge in [-0.3, -0.25) is 9.59 Å². The van der Waals surface area contributed by atoms with Crippen molar-refractivity contribution in [1.82, 2.24) is 15.6 Å². The van der Waals surface area contributed by atoms with Crippen LogP contribution in [0.4, 0.5) is 5.82 Å². The lowest BCUT2D eigenvalue weighted by molar-refractivity contribution is -0.126. The van der Waals surface area contributed by atoms with Crippen molar-refractivity contribution in [1.29, 1.82) is 0 Å². The first kappa shape index (κ1) is 24.0. The number of aromatic nitrogens is 1. The van der Waals surface area contributed by atoms with Crippen molar-refractivity contribution >= 4 is 23.7 Å². The maximum atomic E-state index is 12.4. The van der Waals surface area contributed by atoms with E-state index in [1.54, 1.807) is 26.3 Å². The van der Waals surface area contributed by atoms with Crippen molar-refractivity contribution in [3.8, 4) is 5.75 Å². The summed E-state index contributed by atoms with van der Waals surface area (Å²) in [6, 6.07) is 19.2. The molecule has 180 valence electrons. The third kappa shape index (κ3) is 6.47. The molecule has 1 aliphatic rings. The normalized spacial score (nSPS) is 13.7. The van der Waals surface area contributed by atoms with Gasteiger partial charge in [0.2, 0.25) is 11.8 Å². The number of hydrogen-bond donors (Lipinski definition) is 2. The number of rotatable bonds is 8. The van der Waals surface area contributed by atoms with Gasteiger partial charge in [0.25, 0.3) is 0 Å². The first-order valence-corrected chi connectivity index (χ1v) is 11.7. The largest absolute Gasteiger partial charge is 0.497 e. The van der Waals surface area contributed by atoms with Crippen LogP contribution >= 0.6 is 0 Å². The molecule has 2 heterocycles. The molecule has 1 aliphatic heterocycles. The first-order valence-electron chi connectivity index (χ1n) is 11.7. The SMILES string of the molecule is COc1ccc(/C=C/C(=O)NC(C)C(=O)NCc2ccc(N3CCc4ccccc4C3)nc2)cc1. The minimum atomic E-state index is -0.663. The van der Waals surface area contributed by atoms with Crippen LogP contribution in [0.5, 0.6) is 5.75 Å². The molecule has 3 aromatic rings. The van der Waals surface area contributed by atoms with E-state index >= 15 is 0 Å². The van der Waals surface area contributed by atoms with Gasteiger partial charge < -0.3 is 20.3 Å². The summed E-state index contributed by atoms with van der Waals surface area (Å²) in [5.74, 6) is 1.09. The Labute approximate surface area is 205 Å². The molecule has 0 fully saturated rings. The summed E-state index contributed by atoms with van der Waals surface area (Å²) in [5.41, 5.74) is 4.51. The Bertz CT molecular complexity index is 1190. The highest BCUT2D eigenvalue weighted by Gasteiger charge is 2.17. The molecule has 1 aromatic heterocycles. The first-order chi connectivity index (χ1) is 17.0. The van der Waals surface area contributed by atoms with E-state index in [1.807, 2.05) is 36.4 Å². The number of anilines is 1. The van der Waals surface area contributed by atoms with E-state index in [0.717, 1.165) is 42.2 Å². The van der Waals surface area contributed by atoms with Crippen LogP contribution in [0.2, 0.25) is 0 Å². The smallest absolute Gasteiger partial charge is 0.244 e. The summed E-state index contributed by atoms with van der Waals surface area (Å²) in [5, 5.41) is 5.54. The quantitative estimate of drug-likeness (QED) is 0.493. The second kappa shape index (κ2) is 11.3. The molecule has 7 heteroatoms. The minimum Gasteiger partial charge on any atom is -0.497 e. The van der Waals surface area contributed by atoms with Gasteiger partial charge in [-0.05, 0) is 59.9 Å². The molecule has 0 saturated carbocycles. The molecule has 2 amide bonds. The molecule has 0 saturated heterocycles. The Balaban J connectivity index is 1.23. The highest BCUT2D eigenvalue weighted by atomic mass is 16.5. The van der Waals surface area contributed by atoms with Crippen molar-refractivity contribution in [2.75, 3.05) is 18.6 Å². The highest BCUT2D eigenvalue weighted by Crippen LogP contribution is 2.23. The van der Waals surface area contributed by atoms with Crippen LogP contribution in [-0.2, 0) is 29.1 Å². The summed E-state index contributed by atoms with van der Waals surface area (Å²) < 4.78 is 5.12. The average Bonchev–Trinajstić information content (AvgIpc) is 2.90. The van der Waals surface area contributed by atoms with Gasteiger partial charge in [0, 0.05) is 31.9 Å². The zero-order valence-corrected chi connectivity index (χ0v) is 20.0. The van der Waals surface area contributed by atoms with Crippen LogP contribution in [0.15, 0.2) is 72.9 Å². The molecule has 2 N–H and O–H groups in total. The lowest BCUT2D eigenvalue weighted by Gasteiger charge is -2.29. The Hall–Kier alpha value is -4.13. The summed E-state index contributed by atoms with van der Waals surface area (Å²) in [6.07, 6.45) is 5.90. The lowest BCUT2D eigenvalue weighted by Crippen LogP contribution is -2.44. The van der Waals surface area contributed by atoms with Crippen molar-refractivity contribution in [2.24, 2.45) is 0 Å². The summed E-state index contributed by atoms with van der Waals surface area (Å²) >= 11 is 0. The third-order valence-electron chi connectivity index (χ3n) is 6.03. The van der Waals surface area contributed by atoms with Crippen LogP contribution in [0.3, 0.4) is 0 Å². The van der Waals surface area contributed by atoms with Crippen LogP contribution in [-0.4, -0.2) is 36.5 Å². The molecular formula is C28H30N4O3. The molecule has 2 aromatic carbocycles. The molecule has 35 heavy (non-hydrogen) atoms. The number of pyridine rings is 1. The van der Waals surface area contributed by atoms with Gasteiger partial charge in [-0.25, -0.2) is 4.98 Å². The van der Waals surface area contributed by atoms with Gasteiger partial charge in [0.15, 0.2) is 0 Å². The number of benzene rings is 2. The predicted octanol–water partition coefficient (Wildman–Crippen LogP) is 3.49. The van der Waals surface area contributed by atoms with Gasteiger partial charge in [-0.1, -0.05) is 42.5 Å². The van der Waals surface area contributed by atoms with Crippen LogP contribution in [0.25, 0.3) is 6.08 Å². The molecule has 1 unspecified atom stereocenters. The molecule has 0 bridgehead atoms. The second-order valence-corrected chi connectivity index (χ2v) is 8.52. The maximum Gasteiger partial charge on any atom is 0.244 e. The highest BCUT2D eigenvalue weighted by molar-refractivity contribution is 5.95. The molecule has 4 rings (SSSR count). The number of hydrogen-bond acceptors (Lipinski definition) is 5. The molecule has 0 radical (unpaired) electrons. The fraction of sp³-hybridized carbons (Fsp3) is 0.250. The van der Waals surface area contributed by atoms with Crippen LogP contribution in [0, 0.1) is 0 Å². The van der Waals surface area contributed by atoms with E-state index in [1.165, 1.54) is 17.2 Å². The predicted molar refractivity (Wildman–Crippen MR) is 137 cm³/mol. The van der Waals surface area contributed by atoms with Gasteiger partial charge in [-0.2, -0.15) is 0 Å². The standard InChI is InChI=1S/C28H30N4O3/c1-20(31-27(33)14-10-21-7-11-25(35-2)12-8-21)28(34)30-18-22-9-13-26(29-17-22)32-16-15-23-5-3-4-6-24(23)19-32/h3-14,17,20H,15-16,18-19H2,1-2H3,(H,30,34)(H,31,33)/b14-10+. The Morgan fingerprint density at radius 2 is 1.86 bits per heavy atom. The van der Waals surface area contributed by atoms with Crippen molar-refractivity contribution in [3.63, 3.8) is 0 Å². The number of amides is 2. The van der Waals surface area contributed by atoms with Crippen LogP contribution in [0.1, 0.15) is 29.2 Å². The number of fused-ring (bicyclic) bond motifs is 1. The van der Waals surface area contributed by atoms with E-state index in [2.05, 4.69) is 44.8 Å². The van der Waals surface area contributed by atoms with Gasteiger partial charge in [0.1, 0.15) is 17.6 Å². The monoisotopic (exact) mass is 470 g/mol. The van der Waals surface area contributed by atoms with Crippen molar-refractivity contribution in [3.05, 3.63) is 95.2 Å². The maximum absolute atomic E-state index is 12.4. The van der Waals surface area contributed by atoms with E-state index in [9.17, 15) is 9.59 Å². The molecule has 0 spiro atoms.